The summed E-state index contributed by atoms with van der Waals surface area (Å²) in [7, 11) is 0. The summed E-state index contributed by atoms with van der Waals surface area (Å²) in [4.78, 5) is 16.6. The zero-order valence-corrected chi connectivity index (χ0v) is 12.3. The van der Waals surface area contributed by atoms with Crippen molar-refractivity contribution < 1.29 is 4.79 Å². The smallest absolute Gasteiger partial charge is 0.229 e. The molecule has 0 aromatic heterocycles. The second-order valence-corrected chi connectivity index (χ2v) is 5.87. The standard InChI is InChI=1S/C13H25ClN2O/c1-5-11(2)15-6-8-16(9-7-15)12(17)13(3,4)10-14/h11H,5-10H2,1-4H3. The lowest BCUT2D eigenvalue weighted by Gasteiger charge is -2.40. The quantitative estimate of drug-likeness (QED) is 0.724. The predicted molar refractivity (Wildman–Crippen MR) is 72.4 cm³/mol. The third kappa shape index (κ3) is 3.59. The van der Waals surface area contributed by atoms with Crippen LogP contribution in [0.4, 0.5) is 0 Å². The summed E-state index contributed by atoms with van der Waals surface area (Å²) in [5.74, 6) is 0.577. The molecule has 4 heteroatoms. The van der Waals surface area contributed by atoms with Gasteiger partial charge in [-0.15, -0.1) is 11.6 Å². The van der Waals surface area contributed by atoms with Gasteiger partial charge in [0, 0.05) is 38.1 Å². The highest BCUT2D eigenvalue weighted by atomic mass is 35.5. The molecule has 1 unspecified atom stereocenters. The number of halogens is 1. The van der Waals surface area contributed by atoms with Crippen molar-refractivity contribution >= 4 is 17.5 Å². The van der Waals surface area contributed by atoms with Gasteiger partial charge in [-0.25, -0.2) is 0 Å². The zero-order chi connectivity index (χ0) is 13.1. The number of piperazine rings is 1. The average Bonchev–Trinajstić information content (AvgIpc) is 2.37. The fourth-order valence-electron chi connectivity index (χ4n) is 2.11. The van der Waals surface area contributed by atoms with E-state index < -0.39 is 5.41 Å². The van der Waals surface area contributed by atoms with Crippen LogP contribution in [0.2, 0.25) is 0 Å². The molecule has 1 amide bonds. The second kappa shape index (κ2) is 6.05. The van der Waals surface area contributed by atoms with Gasteiger partial charge in [0.25, 0.3) is 0 Å². The molecule has 0 aliphatic carbocycles. The molecule has 100 valence electrons. The Kier molecular flexibility index (Phi) is 5.26. The third-order valence-corrected chi connectivity index (χ3v) is 4.40. The van der Waals surface area contributed by atoms with E-state index in [1.54, 1.807) is 0 Å². The monoisotopic (exact) mass is 260 g/mol. The molecule has 0 aromatic carbocycles. The summed E-state index contributed by atoms with van der Waals surface area (Å²) in [6.07, 6.45) is 1.17. The number of carbonyl (C=O) groups is 1. The van der Waals surface area contributed by atoms with Gasteiger partial charge in [-0.2, -0.15) is 0 Å². The van der Waals surface area contributed by atoms with Crippen molar-refractivity contribution in [1.29, 1.82) is 0 Å². The average molecular weight is 261 g/mol. The largest absolute Gasteiger partial charge is 0.340 e. The summed E-state index contributed by atoms with van der Waals surface area (Å²) < 4.78 is 0. The van der Waals surface area contributed by atoms with Crippen LogP contribution < -0.4 is 0 Å². The lowest BCUT2D eigenvalue weighted by atomic mass is 9.94. The minimum atomic E-state index is -0.430. The van der Waals surface area contributed by atoms with Crippen molar-refractivity contribution in [2.24, 2.45) is 5.41 Å². The second-order valence-electron chi connectivity index (χ2n) is 5.60. The van der Waals surface area contributed by atoms with Gasteiger partial charge in [0.05, 0.1) is 5.41 Å². The van der Waals surface area contributed by atoms with E-state index in [0.29, 0.717) is 11.9 Å². The Morgan fingerprint density at radius 3 is 2.24 bits per heavy atom. The van der Waals surface area contributed by atoms with E-state index in [9.17, 15) is 4.79 Å². The maximum atomic E-state index is 12.2. The molecule has 3 nitrogen and oxygen atoms in total. The summed E-state index contributed by atoms with van der Waals surface area (Å²) in [5, 5.41) is 0. The highest BCUT2D eigenvalue weighted by Crippen LogP contribution is 2.22. The van der Waals surface area contributed by atoms with Gasteiger partial charge in [0.1, 0.15) is 0 Å². The molecule has 1 aliphatic heterocycles. The van der Waals surface area contributed by atoms with Gasteiger partial charge in [0.2, 0.25) is 5.91 Å². The van der Waals surface area contributed by atoms with Crippen LogP contribution in [0.25, 0.3) is 0 Å². The van der Waals surface area contributed by atoms with Crippen molar-refractivity contribution in [2.45, 2.75) is 40.2 Å². The van der Waals surface area contributed by atoms with Crippen LogP contribution in [-0.2, 0) is 4.79 Å². The van der Waals surface area contributed by atoms with Gasteiger partial charge in [0.15, 0.2) is 0 Å². The lowest BCUT2D eigenvalue weighted by molar-refractivity contribution is -0.141. The molecule has 0 bridgehead atoms. The van der Waals surface area contributed by atoms with Crippen LogP contribution >= 0.6 is 11.6 Å². The minimum Gasteiger partial charge on any atom is -0.340 e. The van der Waals surface area contributed by atoms with Gasteiger partial charge in [-0.05, 0) is 27.2 Å². The maximum absolute atomic E-state index is 12.2. The normalized spacial score (nSPS) is 20.4. The van der Waals surface area contributed by atoms with E-state index in [1.807, 2.05) is 18.7 Å². The van der Waals surface area contributed by atoms with E-state index >= 15 is 0 Å². The molecule has 0 aromatic rings. The zero-order valence-electron chi connectivity index (χ0n) is 11.5. The molecule has 0 radical (unpaired) electrons. The molecule has 1 saturated heterocycles. The Balaban J connectivity index is 2.50. The van der Waals surface area contributed by atoms with Gasteiger partial charge < -0.3 is 4.90 Å². The molecule has 0 N–H and O–H groups in total. The van der Waals surface area contributed by atoms with Crippen molar-refractivity contribution in [2.75, 3.05) is 32.1 Å². The van der Waals surface area contributed by atoms with Crippen LogP contribution in [0, 0.1) is 5.41 Å². The van der Waals surface area contributed by atoms with Crippen LogP contribution in [0.15, 0.2) is 0 Å². The molecule has 0 spiro atoms. The Bertz CT molecular complexity index is 260. The highest BCUT2D eigenvalue weighted by molar-refractivity contribution is 6.19. The van der Waals surface area contributed by atoms with Gasteiger partial charge in [-0.3, -0.25) is 9.69 Å². The van der Waals surface area contributed by atoms with Crippen LogP contribution in [0.1, 0.15) is 34.1 Å². The molecular formula is C13H25ClN2O. The number of alkyl halides is 1. The van der Waals surface area contributed by atoms with E-state index in [2.05, 4.69) is 18.7 Å². The minimum absolute atomic E-state index is 0.191. The molecule has 1 fully saturated rings. The van der Waals surface area contributed by atoms with Crippen molar-refractivity contribution in [3.8, 4) is 0 Å². The fourth-order valence-corrected chi connectivity index (χ4v) is 2.22. The first-order valence-electron chi connectivity index (χ1n) is 6.51. The topological polar surface area (TPSA) is 23.6 Å². The molecule has 1 rings (SSSR count). The van der Waals surface area contributed by atoms with Crippen molar-refractivity contribution in [3.05, 3.63) is 0 Å². The highest BCUT2D eigenvalue weighted by Gasteiger charge is 2.33. The number of amides is 1. The van der Waals surface area contributed by atoms with E-state index in [0.717, 1.165) is 26.2 Å². The first kappa shape index (κ1) is 14.8. The molecule has 0 saturated carbocycles. The summed E-state index contributed by atoms with van der Waals surface area (Å²) >= 11 is 5.85. The number of hydrogen-bond donors (Lipinski definition) is 0. The SMILES string of the molecule is CCC(C)N1CCN(C(=O)C(C)(C)CCl)CC1. The fraction of sp³-hybridized carbons (Fsp3) is 0.923. The van der Waals surface area contributed by atoms with E-state index in [4.69, 9.17) is 11.6 Å². The first-order valence-corrected chi connectivity index (χ1v) is 7.05. The Labute approximate surface area is 110 Å². The van der Waals surface area contributed by atoms with E-state index in [-0.39, 0.29) is 5.91 Å². The summed E-state index contributed by atoms with van der Waals surface area (Å²) in [5.41, 5.74) is -0.430. The molecule has 1 heterocycles. The Hall–Kier alpha value is -0.280. The Morgan fingerprint density at radius 1 is 1.29 bits per heavy atom. The summed E-state index contributed by atoms with van der Waals surface area (Å²) in [6, 6.07) is 0.619. The first-order chi connectivity index (χ1) is 7.92. The number of nitrogens with zero attached hydrogens (tertiary/aromatic N) is 2. The van der Waals surface area contributed by atoms with Crippen molar-refractivity contribution in [3.63, 3.8) is 0 Å². The maximum Gasteiger partial charge on any atom is 0.229 e. The van der Waals surface area contributed by atoms with Crippen LogP contribution in [0.5, 0.6) is 0 Å². The molecule has 17 heavy (non-hydrogen) atoms. The third-order valence-electron chi connectivity index (χ3n) is 3.73. The number of carbonyl (C=O) groups excluding carboxylic acids is 1. The van der Waals surface area contributed by atoms with Crippen LogP contribution in [0.3, 0.4) is 0 Å². The van der Waals surface area contributed by atoms with E-state index in [1.165, 1.54) is 6.42 Å². The summed E-state index contributed by atoms with van der Waals surface area (Å²) in [6.45, 7) is 11.9. The lowest BCUT2D eigenvalue weighted by Crippen LogP contribution is -2.54. The molecular weight excluding hydrogens is 236 g/mol. The predicted octanol–water partition coefficient (Wildman–Crippen LogP) is 2.19. The molecule has 1 atom stereocenters. The molecule has 1 aliphatic rings. The van der Waals surface area contributed by atoms with Gasteiger partial charge >= 0.3 is 0 Å². The number of hydrogen-bond acceptors (Lipinski definition) is 2. The van der Waals surface area contributed by atoms with Crippen LogP contribution in [-0.4, -0.2) is 53.8 Å². The Morgan fingerprint density at radius 2 is 1.82 bits per heavy atom. The van der Waals surface area contributed by atoms with Gasteiger partial charge in [-0.1, -0.05) is 6.92 Å². The van der Waals surface area contributed by atoms with Crippen molar-refractivity contribution in [1.82, 2.24) is 9.80 Å². The number of rotatable bonds is 4.